The number of hydrogen-bond acceptors (Lipinski definition) is 5. The third-order valence-corrected chi connectivity index (χ3v) is 5.11. The lowest BCUT2D eigenvalue weighted by Crippen LogP contribution is -2.23. The van der Waals surface area contributed by atoms with E-state index in [1.165, 1.54) is 6.08 Å². The topological polar surface area (TPSA) is 84.5 Å². The molecule has 1 aromatic heterocycles. The van der Waals surface area contributed by atoms with Gasteiger partial charge in [0.2, 0.25) is 6.79 Å². The Morgan fingerprint density at radius 1 is 1.07 bits per heavy atom. The summed E-state index contributed by atoms with van der Waals surface area (Å²) in [5.74, 6) is 1.69. The van der Waals surface area contributed by atoms with Crippen LogP contribution in [0.2, 0.25) is 10.0 Å². The molecule has 2 heterocycles. The third-order valence-electron chi connectivity index (χ3n) is 4.37. The minimum absolute atomic E-state index is 0.0780. The average molecular weight is 441 g/mol. The van der Waals surface area contributed by atoms with E-state index in [9.17, 15) is 10.1 Å². The Morgan fingerprint density at radius 3 is 2.70 bits per heavy atom. The zero-order valence-corrected chi connectivity index (χ0v) is 17.0. The van der Waals surface area contributed by atoms with Gasteiger partial charge in [-0.3, -0.25) is 4.79 Å². The van der Waals surface area contributed by atoms with Crippen LogP contribution in [-0.2, 0) is 11.3 Å². The monoisotopic (exact) mass is 440 g/mol. The molecule has 1 aliphatic rings. The molecule has 1 aliphatic heterocycles. The number of amides is 1. The summed E-state index contributed by atoms with van der Waals surface area (Å²) < 4.78 is 16.3. The smallest absolute Gasteiger partial charge is 0.262 e. The number of hydrogen-bond donors (Lipinski definition) is 1. The Bertz CT molecular complexity index is 1190. The van der Waals surface area contributed by atoms with E-state index in [0.29, 0.717) is 33.1 Å². The maximum absolute atomic E-state index is 12.4. The summed E-state index contributed by atoms with van der Waals surface area (Å²) in [4.78, 5) is 12.4. The number of carbonyl (C=O) groups is 1. The highest BCUT2D eigenvalue weighted by molar-refractivity contribution is 6.42. The number of ether oxygens (including phenoxy) is 2. The maximum atomic E-state index is 12.4. The van der Waals surface area contributed by atoms with Gasteiger partial charge in [0.25, 0.3) is 5.91 Å². The first-order chi connectivity index (χ1) is 14.5. The summed E-state index contributed by atoms with van der Waals surface area (Å²) in [5, 5.41) is 12.9. The van der Waals surface area contributed by atoms with E-state index in [0.717, 1.165) is 11.1 Å². The van der Waals surface area contributed by atoms with Gasteiger partial charge < -0.3 is 19.2 Å². The molecule has 1 N–H and O–H groups in total. The predicted molar refractivity (Wildman–Crippen MR) is 112 cm³/mol. The molecule has 0 bridgehead atoms. The van der Waals surface area contributed by atoms with Crippen molar-refractivity contribution >= 4 is 35.2 Å². The molecule has 0 radical (unpaired) electrons. The summed E-state index contributed by atoms with van der Waals surface area (Å²) >= 11 is 12.0. The predicted octanol–water partition coefficient (Wildman–Crippen LogP) is 5.21. The van der Waals surface area contributed by atoms with Crippen LogP contribution < -0.4 is 14.8 Å². The quantitative estimate of drug-likeness (QED) is 0.434. The molecule has 30 heavy (non-hydrogen) atoms. The van der Waals surface area contributed by atoms with E-state index in [4.69, 9.17) is 37.1 Å². The summed E-state index contributed by atoms with van der Waals surface area (Å²) in [6.45, 7) is 0.418. The lowest BCUT2D eigenvalue weighted by atomic mass is 10.2. The fourth-order valence-electron chi connectivity index (χ4n) is 2.85. The van der Waals surface area contributed by atoms with Gasteiger partial charge in [0.05, 0.1) is 10.0 Å². The van der Waals surface area contributed by atoms with Gasteiger partial charge in [0.15, 0.2) is 11.5 Å². The zero-order chi connectivity index (χ0) is 21.1. The molecule has 0 aliphatic carbocycles. The van der Waals surface area contributed by atoms with Gasteiger partial charge in [-0.25, -0.2) is 0 Å². The number of nitrogens with zero attached hydrogens (tertiary/aromatic N) is 1. The molecule has 0 atom stereocenters. The standard InChI is InChI=1S/C22H14Cl2N2O4/c23-17-4-2-14(9-18(17)24)19-6-3-16(30-19)8-15(10-25)22(27)26-11-13-1-5-20-21(7-13)29-12-28-20/h1-9H,11-12H2,(H,26,27)/b15-8+. The second-order valence-electron chi connectivity index (χ2n) is 6.37. The molecule has 0 spiro atoms. The molecular formula is C22H14Cl2N2O4. The molecular weight excluding hydrogens is 427 g/mol. The molecule has 8 heteroatoms. The van der Waals surface area contributed by atoms with Crippen LogP contribution in [0.25, 0.3) is 17.4 Å². The van der Waals surface area contributed by atoms with Crippen molar-refractivity contribution in [3.63, 3.8) is 0 Å². The lowest BCUT2D eigenvalue weighted by molar-refractivity contribution is -0.117. The van der Waals surface area contributed by atoms with E-state index in [-0.39, 0.29) is 18.9 Å². The Kier molecular flexibility index (Phi) is 5.66. The highest BCUT2D eigenvalue weighted by Crippen LogP contribution is 2.32. The summed E-state index contributed by atoms with van der Waals surface area (Å²) in [6.07, 6.45) is 1.38. The van der Waals surface area contributed by atoms with Gasteiger partial charge >= 0.3 is 0 Å². The van der Waals surface area contributed by atoms with Crippen LogP contribution in [0, 0.1) is 11.3 Å². The van der Waals surface area contributed by atoms with Crippen LogP contribution in [0.4, 0.5) is 0 Å². The van der Waals surface area contributed by atoms with Crippen molar-refractivity contribution in [3.8, 4) is 28.9 Å². The number of nitriles is 1. The average Bonchev–Trinajstić information content (AvgIpc) is 3.41. The molecule has 150 valence electrons. The molecule has 0 saturated carbocycles. The maximum Gasteiger partial charge on any atom is 0.262 e. The van der Waals surface area contributed by atoms with Gasteiger partial charge in [-0.1, -0.05) is 29.3 Å². The largest absolute Gasteiger partial charge is 0.457 e. The number of furan rings is 1. The van der Waals surface area contributed by atoms with E-state index in [2.05, 4.69) is 5.32 Å². The van der Waals surface area contributed by atoms with E-state index >= 15 is 0 Å². The number of benzene rings is 2. The Balaban J connectivity index is 1.45. The van der Waals surface area contributed by atoms with Crippen molar-refractivity contribution in [2.24, 2.45) is 0 Å². The van der Waals surface area contributed by atoms with Gasteiger partial charge in [-0.2, -0.15) is 5.26 Å². The number of carbonyl (C=O) groups excluding carboxylic acids is 1. The highest BCUT2D eigenvalue weighted by atomic mass is 35.5. The molecule has 3 aromatic rings. The first kappa shape index (κ1) is 19.9. The van der Waals surface area contributed by atoms with Crippen molar-refractivity contribution in [2.45, 2.75) is 6.54 Å². The summed E-state index contributed by atoms with van der Waals surface area (Å²) in [5.41, 5.74) is 1.48. The molecule has 0 fully saturated rings. The minimum atomic E-state index is -0.511. The van der Waals surface area contributed by atoms with Gasteiger partial charge in [-0.05, 0) is 48.0 Å². The number of nitrogens with one attached hydrogen (secondary N) is 1. The van der Waals surface area contributed by atoms with Crippen molar-refractivity contribution < 1.29 is 18.7 Å². The van der Waals surface area contributed by atoms with E-state index in [1.807, 2.05) is 12.1 Å². The molecule has 0 unspecified atom stereocenters. The van der Waals surface area contributed by atoms with Gasteiger partial charge in [0, 0.05) is 18.2 Å². The van der Waals surface area contributed by atoms with Crippen LogP contribution in [0.15, 0.2) is 58.5 Å². The van der Waals surface area contributed by atoms with Crippen molar-refractivity contribution in [1.29, 1.82) is 5.26 Å². The van der Waals surface area contributed by atoms with E-state index < -0.39 is 5.91 Å². The first-order valence-electron chi connectivity index (χ1n) is 8.87. The molecule has 6 nitrogen and oxygen atoms in total. The minimum Gasteiger partial charge on any atom is -0.457 e. The van der Waals surface area contributed by atoms with E-state index in [1.54, 1.807) is 42.5 Å². The molecule has 2 aromatic carbocycles. The van der Waals surface area contributed by atoms with Crippen LogP contribution in [0.5, 0.6) is 11.5 Å². The van der Waals surface area contributed by atoms with Crippen molar-refractivity contribution in [2.75, 3.05) is 6.79 Å². The fourth-order valence-corrected chi connectivity index (χ4v) is 3.15. The Hall–Kier alpha value is -3.40. The number of rotatable bonds is 5. The van der Waals surface area contributed by atoms with Crippen LogP contribution in [0.1, 0.15) is 11.3 Å². The van der Waals surface area contributed by atoms with Crippen LogP contribution in [-0.4, -0.2) is 12.7 Å². The molecule has 4 rings (SSSR count). The fraction of sp³-hybridized carbons (Fsp3) is 0.0909. The lowest BCUT2D eigenvalue weighted by Gasteiger charge is -2.05. The SMILES string of the molecule is N#C/C(=C\c1ccc(-c2ccc(Cl)c(Cl)c2)o1)C(=O)NCc1ccc2c(c1)OCO2. The number of fused-ring (bicyclic) bond motifs is 1. The van der Waals surface area contributed by atoms with Gasteiger partial charge in [-0.15, -0.1) is 0 Å². The highest BCUT2D eigenvalue weighted by Gasteiger charge is 2.15. The molecule has 1 amide bonds. The Morgan fingerprint density at radius 2 is 1.90 bits per heavy atom. The van der Waals surface area contributed by atoms with Gasteiger partial charge in [0.1, 0.15) is 23.2 Å². The third kappa shape index (κ3) is 4.28. The summed E-state index contributed by atoms with van der Waals surface area (Å²) in [7, 11) is 0. The van der Waals surface area contributed by atoms with Crippen LogP contribution in [0.3, 0.4) is 0 Å². The van der Waals surface area contributed by atoms with Crippen molar-refractivity contribution in [3.05, 3.63) is 75.5 Å². The normalized spacial score (nSPS) is 12.5. The number of halogens is 2. The van der Waals surface area contributed by atoms with Crippen molar-refractivity contribution in [1.82, 2.24) is 5.32 Å². The first-order valence-corrected chi connectivity index (χ1v) is 9.63. The Labute approximate surface area is 182 Å². The second kappa shape index (κ2) is 8.54. The second-order valence-corrected chi connectivity index (χ2v) is 7.19. The summed E-state index contributed by atoms with van der Waals surface area (Å²) in [6, 6.07) is 15.8. The van der Waals surface area contributed by atoms with Crippen LogP contribution >= 0.6 is 23.2 Å². The zero-order valence-electron chi connectivity index (χ0n) is 15.4. The molecule has 0 saturated heterocycles.